The molecule has 8 nitrogen and oxygen atoms in total. The van der Waals surface area contributed by atoms with E-state index >= 15 is 0 Å². The Balaban J connectivity index is 3.20. The van der Waals surface area contributed by atoms with E-state index in [2.05, 4.69) is 9.73 Å². The molecule has 1 aromatic carbocycles. The van der Waals surface area contributed by atoms with Crippen molar-refractivity contribution in [3.8, 4) is 0 Å². The molecule has 1 rings (SSSR count). The lowest BCUT2D eigenvalue weighted by atomic mass is 10.1. The highest BCUT2D eigenvalue weighted by molar-refractivity contribution is 8.14. The topological polar surface area (TPSA) is 130 Å². The Morgan fingerprint density at radius 2 is 1.70 bits per heavy atom. The van der Waals surface area contributed by atoms with Crippen molar-refractivity contribution in [2.24, 2.45) is 10.9 Å². The monoisotopic (exact) mass is 407 g/mol. The number of thioether (sulfide) groups is 1. The molecular formula is C15H12F3NO7S. The zero-order valence-corrected chi connectivity index (χ0v) is 14.4. The summed E-state index contributed by atoms with van der Waals surface area (Å²) in [6.45, 7) is 0.393. The number of carbonyl (C=O) groups excluding carboxylic acids is 2. The van der Waals surface area contributed by atoms with Crippen molar-refractivity contribution in [1.29, 1.82) is 0 Å². The summed E-state index contributed by atoms with van der Waals surface area (Å²) < 4.78 is 44.4. The Morgan fingerprint density at radius 1 is 1.11 bits per heavy atom. The summed E-state index contributed by atoms with van der Waals surface area (Å²) in [5.41, 5.74) is -0.851. The van der Waals surface area contributed by atoms with E-state index in [9.17, 15) is 32.3 Å². The summed E-state index contributed by atoms with van der Waals surface area (Å²) in [6.07, 6.45) is 0. The molecule has 0 aliphatic rings. The van der Waals surface area contributed by atoms with Gasteiger partial charge in [-0.05, 0) is 12.1 Å². The Morgan fingerprint density at radius 3 is 2.22 bits per heavy atom. The number of Topliss-reactive ketones (excluding diaryl/α,β-unsaturated/α-hetero) is 1. The predicted octanol–water partition coefficient (Wildman–Crippen LogP) is 1.78. The number of hydrogen-bond donors (Lipinski definition) is 2. The minimum atomic E-state index is -2.29. The lowest BCUT2D eigenvalue weighted by Gasteiger charge is -2.11. The van der Waals surface area contributed by atoms with Gasteiger partial charge < -0.3 is 14.9 Å². The van der Waals surface area contributed by atoms with Crippen LogP contribution in [0.5, 0.6) is 0 Å². The lowest BCUT2D eigenvalue weighted by molar-refractivity contribution is -0.150. The molecule has 0 bridgehead atoms. The van der Waals surface area contributed by atoms with Crippen LogP contribution in [0.1, 0.15) is 6.92 Å². The van der Waals surface area contributed by atoms with E-state index in [1.165, 1.54) is 0 Å². The van der Waals surface area contributed by atoms with E-state index in [0.29, 0.717) is 23.9 Å². The molecule has 2 N–H and O–H groups in total. The first kappa shape index (κ1) is 22.2. The van der Waals surface area contributed by atoms with Gasteiger partial charge in [0.1, 0.15) is 10.7 Å². The third kappa shape index (κ3) is 6.40. The molecule has 0 amide bonds. The number of aliphatic imine (C=N–C) groups is 1. The molecule has 0 heterocycles. The maximum atomic E-state index is 13.7. The lowest BCUT2D eigenvalue weighted by Crippen LogP contribution is -2.30. The second kappa shape index (κ2) is 9.71. The Kier molecular flexibility index (Phi) is 7.97. The molecule has 0 fully saturated rings. The summed E-state index contributed by atoms with van der Waals surface area (Å²) >= 11 is 0.324. The van der Waals surface area contributed by atoms with Crippen LogP contribution in [0.3, 0.4) is 0 Å². The van der Waals surface area contributed by atoms with Crippen molar-refractivity contribution in [3.63, 3.8) is 0 Å². The molecule has 0 atom stereocenters. The van der Waals surface area contributed by atoms with E-state index in [1.54, 1.807) is 0 Å². The quantitative estimate of drug-likeness (QED) is 0.219. The van der Waals surface area contributed by atoms with Gasteiger partial charge in [0.25, 0.3) is 0 Å². The minimum absolute atomic E-state index is 0.324. The molecule has 146 valence electrons. The molecule has 12 heteroatoms. The maximum Gasteiger partial charge on any atom is 0.324 e. The number of esters is 1. The average molecular weight is 407 g/mol. The second-order valence-corrected chi connectivity index (χ2v) is 5.86. The van der Waals surface area contributed by atoms with Crippen LogP contribution in [0.25, 0.3) is 0 Å². The van der Waals surface area contributed by atoms with E-state index in [4.69, 9.17) is 10.2 Å². The Labute approximate surface area is 154 Å². The number of ketones is 1. The number of nitrogens with zero attached hydrogens (tertiary/aromatic N) is 1. The van der Waals surface area contributed by atoms with Crippen molar-refractivity contribution in [2.75, 3.05) is 12.4 Å². The number of ether oxygens (including phenoxy) is 1. The molecule has 0 unspecified atom stereocenters. The van der Waals surface area contributed by atoms with Crippen molar-refractivity contribution in [1.82, 2.24) is 0 Å². The van der Waals surface area contributed by atoms with E-state index in [0.717, 1.165) is 6.92 Å². The van der Waals surface area contributed by atoms with Gasteiger partial charge in [-0.2, -0.15) is 0 Å². The first-order chi connectivity index (χ1) is 12.5. The first-order valence-corrected chi connectivity index (χ1v) is 7.98. The zero-order chi connectivity index (χ0) is 20.7. The highest BCUT2D eigenvalue weighted by Crippen LogP contribution is 2.26. The molecule has 0 saturated heterocycles. The van der Waals surface area contributed by atoms with E-state index in [1.807, 2.05) is 0 Å². The number of halogens is 3. The molecule has 0 aliphatic carbocycles. The SMILES string of the molecule is CC(=O)OCC(=O)CSC(=Nc1ccc(F)c(F)c1F)C(C(=O)O)C(=O)O. The van der Waals surface area contributed by atoms with Gasteiger partial charge >= 0.3 is 17.9 Å². The third-order valence-corrected chi connectivity index (χ3v) is 3.89. The fraction of sp³-hybridized carbons (Fsp3) is 0.267. The van der Waals surface area contributed by atoms with Crippen LogP contribution in [0.15, 0.2) is 17.1 Å². The largest absolute Gasteiger partial charge is 0.480 e. The molecular weight excluding hydrogens is 395 g/mol. The second-order valence-electron chi connectivity index (χ2n) is 4.86. The van der Waals surface area contributed by atoms with Gasteiger partial charge in [-0.25, -0.2) is 18.2 Å². The van der Waals surface area contributed by atoms with Gasteiger partial charge in [0.2, 0.25) is 5.92 Å². The third-order valence-electron chi connectivity index (χ3n) is 2.80. The number of carbonyl (C=O) groups is 4. The Bertz CT molecular complexity index is 799. The van der Waals surface area contributed by atoms with Crippen molar-refractivity contribution in [3.05, 3.63) is 29.6 Å². The molecule has 1 aromatic rings. The summed E-state index contributed by atoms with van der Waals surface area (Å²) in [4.78, 5) is 48.1. The summed E-state index contributed by atoms with van der Waals surface area (Å²) in [5.74, 6) is -13.2. The normalized spacial score (nSPS) is 11.4. The highest BCUT2D eigenvalue weighted by Gasteiger charge is 2.33. The average Bonchev–Trinajstić information content (AvgIpc) is 2.57. The van der Waals surface area contributed by atoms with Crippen molar-refractivity contribution < 1.29 is 47.3 Å². The molecule has 0 spiro atoms. The highest BCUT2D eigenvalue weighted by atomic mass is 32.2. The fourth-order valence-electron chi connectivity index (χ4n) is 1.60. The molecule has 0 aromatic heterocycles. The van der Waals surface area contributed by atoms with E-state index < -0.39 is 70.2 Å². The smallest absolute Gasteiger partial charge is 0.324 e. The minimum Gasteiger partial charge on any atom is -0.480 e. The summed E-state index contributed by atoms with van der Waals surface area (Å²) in [6, 6.07) is 1.19. The fourth-order valence-corrected chi connectivity index (χ4v) is 2.52. The first-order valence-electron chi connectivity index (χ1n) is 7.00. The van der Waals surface area contributed by atoms with Crippen LogP contribution in [0.4, 0.5) is 18.9 Å². The maximum absolute atomic E-state index is 13.7. The van der Waals surface area contributed by atoms with Gasteiger partial charge in [0.05, 0.1) is 5.75 Å². The van der Waals surface area contributed by atoms with Crippen LogP contribution >= 0.6 is 11.8 Å². The predicted molar refractivity (Wildman–Crippen MR) is 86.3 cm³/mol. The summed E-state index contributed by atoms with van der Waals surface area (Å²) in [7, 11) is 0. The van der Waals surface area contributed by atoms with Gasteiger partial charge in [-0.15, -0.1) is 11.8 Å². The Hall–Kier alpha value is -2.89. The van der Waals surface area contributed by atoms with Gasteiger partial charge in [0, 0.05) is 6.92 Å². The number of carboxylic acids is 2. The van der Waals surface area contributed by atoms with Gasteiger partial charge in [-0.1, -0.05) is 0 Å². The standard InChI is InChI=1S/C15H12F3NO7S/c1-6(20)26-4-7(21)5-27-13(10(14(22)23)15(24)25)19-9-3-2-8(16)11(17)12(9)18/h2-3,10H,4-5H2,1H3,(H,22,23)(H,24,25). The summed E-state index contributed by atoms with van der Waals surface area (Å²) in [5, 5.41) is 17.3. The van der Waals surface area contributed by atoms with Crippen molar-refractivity contribution >= 4 is 46.2 Å². The van der Waals surface area contributed by atoms with Gasteiger partial charge in [0.15, 0.2) is 29.8 Å². The van der Waals surface area contributed by atoms with Crippen LogP contribution in [0.2, 0.25) is 0 Å². The van der Waals surface area contributed by atoms with Crippen LogP contribution < -0.4 is 0 Å². The number of aliphatic carboxylic acids is 2. The van der Waals surface area contributed by atoms with Crippen LogP contribution in [0, 0.1) is 23.4 Å². The van der Waals surface area contributed by atoms with Crippen LogP contribution in [-0.2, 0) is 23.9 Å². The van der Waals surface area contributed by atoms with Gasteiger partial charge in [-0.3, -0.25) is 19.2 Å². The van der Waals surface area contributed by atoms with Crippen molar-refractivity contribution in [2.45, 2.75) is 6.92 Å². The number of carboxylic acid groups (broad SMARTS) is 2. The number of hydrogen-bond acceptors (Lipinski definition) is 7. The zero-order valence-electron chi connectivity index (χ0n) is 13.6. The number of rotatable bonds is 8. The molecule has 0 radical (unpaired) electrons. The van der Waals surface area contributed by atoms with E-state index in [-0.39, 0.29) is 0 Å². The molecule has 27 heavy (non-hydrogen) atoms. The molecule has 0 aliphatic heterocycles. The number of benzene rings is 1. The van der Waals surface area contributed by atoms with Crippen LogP contribution in [-0.4, -0.2) is 51.3 Å². The molecule has 0 saturated carbocycles.